The molecule has 0 radical (unpaired) electrons. The number of alkyl halides is 3. The van der Waals surface area contributed by atoms with Crippen LogP contribution in [0.25, 0.3) is 11.1 Å². The van der Waals surface area contributed by atoms with Gasteiger partial charge in [-0.15, -0.1) is 0 Å². The van der Waals surface area contributed by atoms with Gasteiger partial charge in [0.1, 0.15) is 5.82 Å². The van der Waals surface area contributed by atoms with Crippen LogP contribution >= 0.6 is 0 Å². The van der Waals surface area contributed by atoms with E-state index in [2.05, 4.69) is 16.0 Å². The van der Waals surface area contributed by atoms with Crippen LogP contribution in [-0.2, 0) is 6.18 Å². The molecule has 0 fully saturated rings. The maximum Gasteiger partial charge on any atom is 0.417 e. The van der Waals surface area contributed by atoms with Gasteiger partial charge in [-0.1, -0.05) is 24.3 Å². The fourth-order valence-corrected chi connectivity index (χ4v) is 3.99. The second-order valence-electron chi connectivity index (χ2n) is 7.77. The SMILES string of the molecule is O=C(Nc1ccc(C2=CCNCC2)c(C(F)(F)F)c1)c1ccc(C2=CCNCC2)c(F)c1. The largest absolute Gasteiger partial charge is 0.417 e. The molecule has 2 aromatic rings. The van der Waals surface area contributed by atoms with E-state index in [1.807, 2.05) is 6.08 Å². The summed E-state index contributed by atoms with van der Waals surface area (Å²) in [5.41, 5.74) is 1.28. The highest BCUT2D eigenvalue weighted by molar-refractivity contribution is 6.04. The van der Waals surface area contributed by atoms with Gasteiger partial charge in [-0.3, -0.25) is 4.79 Å². The van der Waals surface area contributed by atoms with Gasteiger partial charge in [0.25, 0.3) is 5.91 Å². The van der Waals surface area contributed by atoms with E-state index in [0.29, 0.717) is 43.6 Å². The third-order valence-electron chi connectivity index (χ3n) is 5.63. The maximum atomic E-state index is 14.6. The van der Waals surface area contributed by atoms with Gasteiger partial charge < -0.3 is 16.0 Å². The Labute approximate surface area is 183 Å². The highest BCUT2D eigenvalue weighted by Gasteiger charge is 2.34. The van der Waals surface area contributed by atoms with Gasteiger partial charge in [0.05, 0.1) is 5.56 Å². The number of nitrogens with one attached hydrogen (secondary N) is 3. The van der Waals surface area contributed by atoms with Gasteiger partial charge in [-0.25, -0.2) is 4.39 Å². The Kier molecular flexibility index (Phi) is 6.43. The van der Waals surface area contributed by atoms with Crippen molar-refractivity contribution >= 4 is 22.7 Å². The molecule has 0 bridgehead atoms. The van der Waals surface area contributed by atoms with Gasteiger partial charge in [0.2, 0.25) is 0 Å². The number of benzene rings is 2. The van der Waals surface area contributed by atoms with Crippen LogP contribution in [0.4, 0.5) is 23.2 Å². The Hall–Kier alpha value is -2.97. The van der Waals surface area contributed by atoms with Gasteiger partial charge >= 0.3 is 6.18 Å². The van der Waals surface area contributed by atoms with Gasteiger partial charge in [0.15, 0.2) is 0 Å². The molecular weight excluding hydrogens is 422 g/mol. The Morgan fingerprint density at radius 1 is 0.875 bits per heavy atom. The quantitative estimate of drug-likeness (QED) is 0.590. The number of carbonyl (C=O) groups is 1. The van der Waals surface area contributed by atoms with Crippen molar-refractivity contribution in [2.45, 2.75) is 19.0 Å². The molecule has 2 aliphatic rings. The summed E-state index contributed by atoms with van der Waals surface area (Å²) in [6.07, 6.45) is 0.251. The third-order valence-corrected chi connectivity index (χ3v) is 5.63. The predicted molar refractivity (Wildman–Crippen MR) is 117 cm³/mol. The Bertz CT molecular complexity index is 1090. The summed E-state index contributed by atoms with van der Waals surface area (Å²) in [7, 11) is 0. The fourth-order valence-electron chi connectivity index (χ4n) is 3.99. The molecule has 0 spiro atoms. The number of hydrogen-bond acceptors (Lipinski definition) is 3. The van der Waals surface area contributed by atoms with Gasteiger partial charge in [0, 0.05) is 29.9 Å². The molecule has 0 saturated carbocycles. The zero-order valence-electron chi connectivity index (χ0n) is 17.3. The zero-order valence-corrected chi connectivity index (χ0v) is 17.3. The highest BCUT2D eigenvalue weighted by Crippen LogP contribution is 2.38. The van der Waals surface area contributed by atoms with Crippen molar-refractivity contribution in [3.8, 4) is 0 Å². The van der Waals surface area contributed by atoms with E-state index >= 15 is 0 Å². The topological polar surface area (TPSA) is 53.2 Å². The lowest BCUT2D eigenvalue weighted by Crippen LogP contribution is -2.21. The van der Waals surface area contributed by atoms with E-state index in [1.165, 1.54) is 24.3 Å². The van der Waals surface area contributed by atoms with Crippen molar-refractivity contribution in [1.29, 1.82) is 0 Å². The van der Waals surface area contributed by atoms with Crippen LogP contribution in [0, 0.1) is 5.82 Å². The van der Waals surface area contributed by atoms with Crippen LogP contribution in [0.15, 0.2) is 48.6 Å². The number of rotatable bonds is 4. The number of amides is 1. The first-order valence-electron chi connectivity index (χ1n) is 10.5. The molecule has 0 saturated heterocycles. The predicted octanol–water partition coefficient (Wildman–Crippen LogP) is 4.85. The van der Waals surface area contributed by atoms with Crippen molar-refractivity contribution in [3.63, 3.8) is 0 Å². The van der Waals surface area contributed by atoms with Crippen molar-refractivity contribution in [2.75, 3.05) is 31.5 Å². The van der Waals surface area contributed by atoms with Crippen LogP contribution in [0.5, 0.6) is 0 Å². The molecule has 0 aromatic heterocycles. The van der Waals surface area contributed by atoms with Crippen LogP contribution in [0.1, 0.15) is 39.9 Å². The van der Waals surface area contributed by atoms with E-state index in [0.717, 1.165) is 24.3 Å². The lowest BCUT2D eigenvalue weighted by molar-refractivity contribution is -0.137. The Morgan fingerprint density at radius 3 is 2.06 bits per heavy atom. The summed E-state index contributed by atoms with van der Waals surface area (Å²) in [5, 5.41) is 8.69. The summed E-state index contributed by atoms with van der Waals surface area (Å²) in [6, 6.07) is 7.89. The maximum absolute atomic E-state index is 14.6. The first kappa shape index (κ1) is 22.2. The molecule has 168 valence electrons. The molecule has 0 atom stereocenters. The normalized spacial score (nSPS) is 16.9. The molecular formula is C24H23F4N3O. The van der Waals surface area contributed by atoms with Crippen molar-refractivity contribution in [3.05, 3.63) is 76.6 Å². The fraction of sp³-hybridized carbons (Fsp3) is 0.292. The lowest BCUT2D eigenvalue weighted by Gasteiger charge is -2.20. The third kappa shape index (κ3) is 4.92. The van der Waals surface area contributed by atoms with E-state index < -0.39 is 23.5 Å². The van der Waals surface area contributed by atoms with E-state index in [4.69, 9.17) is 0 Å². The standard InChI is InChI=1S/C24H23F4N3O/c25-22-13-17(1-3-20(22)16-7-11-30-12-8-16)23(32)31-18-2-4-19(15-5-9-29-10-6-15)21(14-18)24(26,27)28/h1-5,7,13-14,29-30H,6,8-12H2,(H,31,32). The van der Waals surface area contributed by atoms with Gasteiger partial charge in [-0.05, 0) is 66.9 Å². The first-order chi connectivity index (χ1) is 15.3. The van der Waals surface area contributed by atoms with Crippen LogP contribution < -0.4 is 16.0 Å². The van der Waals surface area contributed by atoms with E-state index in [1.54, 1.807) is 6.08 Å². The monoisotopic (exact) mass is 445 g/mol. The summed E-state index contributed by atoms with van der Waals surface area (Å²) >= 11 is 0. The minimum absolute atomic E-state index is 0.00570. The second kappa shape index (κ2) is 9.26. The number of anilines is 1. The molecule has 32 heavy (non-hydrogen) atoms. The molecule has 2 aliphatic heterocycles. The molecule has 4 rings (SSSR count). The summed E-state index contributed by atoms with van der Waals surface area (Å²) in [4.78, 5) is 12.6. The molecule has 0 unspecified atom stereocenters. The molecule has 1 amide bonds. The summed E-state index contributed by atoms with van der Waals surface area (Å²) < 4.78 is 55.7. The van der Waals surface area contributed by atoms with Crippen LogP contribution in [-0.4, -0.2) is 32.1 Å². The lowest BCUT2D eigenvalue weighted by atomic mass is 9.94. The molecule has 0 aliphatic carbocycles. The van der Waals surface area contributed by atoms with Gasteiger partial charge in [-0.2, -0.15) is 13.2 Å². The average molecular weight is 445 g/mol. The van der Waals surface area contributed by atoms with Crippen molar-refractivity contribution in [1.82, 2.24) is 10.6 Å². The van der Waals surface area contributed by atoms with Crippen molar-refractivity contribution in [2.24, 2.45) is 0 Å². The Balaban J connectivity index is 1.57. The highest BCUT2D eigenvalue weighted by atomic mass is 19.4. The van der Waals surface area contributed by atoms with Crippen molar-refractivity contribution < 1.29 is 22.4 Å². The first-order valence-corrected chi connectivity index (χ1v) is 10.5. The molecule has 8 heteroatoms. The second-order valence-corrected chi connectivity index (χ2v) is 7.77. The van der Waals surface area contributed by atoms with Crippen LogP contribution in [0.2, 0.25) is 0 Å². The summed E-state index contributed by atoms with van der Waals surface area (Å²) in [5.74, 6) is -1.20. The number of halogens is 4. The van der Waals surface area contributed by atoms with Crippen LogP contribution in [0.3, 0.4) is 0 Å². The minimum atomic E-state index is -4.57. The minimum Gasteiger partial charge on any atom is -0.322 e. The Morgan fingerprint density at radius 2 is 1.50 bits per heavy atom. The molecule has 2 heterocycles. The van der Waals surface area contributed by atoms with E-state index in [9.17, 15) is 22.4 Å². The molecule has 2 aromatic carbocycles. The molecule has 4 nitrogen and oxygen atoms in total. The smallest absolute Gasteiger partial charge is 0.322 e. The average Bonchev–Trinajstić information content (AvgIpc) is 2.79. The van der Waals surface area contributed by atoms with E-state index in [-0.39, 0.29) is 16.8 Å². The molecule has 3 N–H and O–H groups in total. The summed E-state index contributed by atoms with van der Waals surface area (Å²) in [6.45, 7) is 2.52. The zero-order chi connectivity index (χ0) is 22.7. The number of hydrogen-bond donors (Lipinski definition) is 3. The number of carbonyl (C=O) groups excluding carboxylic acids is 1.